The van der Waals surface area contributed by atoms with Crippen molar-refractivity contribution < 1.29 is 9.15 Å². The first kappa shape index (κ1) is 14.3. The number of benzene rings is 2. The van der Waals surface area contributed by atoms with Gasteiger partial charge in [0.25, 0.3) is 0 Å². The number of aryl methyl sites for hydroxylation is 1. The Kier molecular flexibility index (Phi) is 3.87. The Morgan fingerprint density at radius 2 is 1.95 bits per heavy atom. The number of anilines is 2. The maximum atomic E-state index is 12.2. The van der Waals surface area contributed by atoms with Gasteiger partial charge in [-0.05, 0) is 36.8 Å². The molecule has 3 aromatic rings. The van der Waals surface area contributed by atoms with Gasteiger partial charge in [-0.3, -0.25) is 0 Å². The lowest BCUT2D eigenvalue weighted by molar-refractivity contribution is 0.387. The summed E-state index contributed by atoms with van der Waals surface area (Å²) in [6.07, 6.45) is 0. The predicted molar refractivity (Wildman–Crippen MR) is 88.2 cm³/mol. The van der Waals surface area contributed by atoms with Crippen molar-refractivity contribution in [2.45, 2.75) is 6.92 Å². The van der Waals surface area contributed by atoms with E-state index >= 15 is 0 Å². The van der Waals surface area contributed by atoms with Gasteiger partial charge in [0.2, 0.25) is 0 Å². The molecule has 0 saturated heterocycles. The summed E-state index contributed by atoms with van der Waals surface area (Å²) in [6, 6.07) is 14.8. The van der Waals surface area contributed by atoms with E-state index in [9.17, 15) is 4.79 Å². The largest absolute Gasteiger partial charge is 0.503 e. The highest BCUT2D eigenvalue weighted by Gasteiger charge is 2.12. The molecule has 0 fully saturated rings. The fourth-order valence-corrected chi connectivity index (χ4v) is 2.33. The molecule has 0 bridgehead atoms. The number of ether oxygens (including phenoxy) is 1. The van der Waals surface area contributed by atoms with E-state index < -0.39 is 5.63 Å². The molecule has 0 saturated carbocycles. The van der Waals surface area contributed by atoms with Gasteiger partial charge in [0, 0.05) is 23.6 Å². The second kappa shape index (κ2) is 5.97. The van der Waals surface area contributed by atoms with Gasteiger partial charge in [-0.25, -0.2) is 4.79 Å². The average Bonchev–Trinajstić information content (AvgIpc) is 2.52. The Balaban J connectivity index is 2.08. The van der Waals surface area contributed by atoms with Crippen LogP contribution in [0.5, 0.6) is 5.75 Å². The molecule has 0 aliphatic rings. The highest BCUT2D eigenvalue weighted by molar-refractivity contribution is 6.08. The Morgan fingerprint density at radius 3 is 2.68 bits per heavy atom. The van der Waals surface area contributed by atoms with Crippen molar-refractivity contribution in [1.29, 1.82) is 0 Å². The molecule has 0 amide bonds. The van der Waals surface area contributed by atoms with Crippen molar-refractivity contribution >= 4 is 30.2 Å². The molecule has 108 valence electrons. The molecule has 1 N–H and O–H groups in total. The Bertz CT molecular complexity index is 859. The van der Waals surface area contributed by atoms with E-state index in [1.165, 1.54) is 0 Å². The van der Waals surface area contributed by atoms with Gasteiger partial charge in [0.15, 0.2) is 0 Å². The van der Waals surface area contributed by atoms with Gasteiger partial charge in [-0.2, -0.15) is 0 Å². The second-order valence-corrected chi connectivity index (χ2v) is 4.85. The number of nitrogens with one attached hydrogen (secondary N) is 1. The summed E-state index contributed by atoms with van der Waals surface area (Å²) < 4.78 is 10.6. The molecule has 1 heterocycles. The Morgan fingerprint density at radius 1 is 1.18 bits per heavy atom. The zero-order valence-corrected chi connectivity index (χ0v) is 12.1. The molecule has 0 aliphatic heterocycles. The summed E-state index contributed by atoms with van der Waals surface area (Å²) in [4.78, 5) is 12.2. The first-order chi connectivity index (χ1) is 10.7. The lowest BCUT2D eigenvalue weighted by Crippen LogP contribution is -2.09. The van der Waals surface area contributed by atoms with Crippen LogP contribution in [0.25, 0.3) is 11.0 Å². The standard InChI is InChI=1S/C17H14BNO3/c1-11-14-8-7-13(21-10-18)9-15(14)22-17(20)16(11)19-12-5-3-2-4-6-12/h2-9,19H,10H2,1H3. The quantitative estimate of drug-likeness (QED) is 0.591. The zero-order chi connectivity index (χ0) is 15.5. The van der Waals surface area contributed by atoms with Gasteiger partial charge in [-0.15, -0.1) is 0 Å². The van der Waals surface area contributed by atoms with Crippen LogP contribution in [-0.2, 0) is 0 Å². The van der Waals surface area contributed by atoms with Crippen molar-refractivity contribution in [3.63, 3.8) is 0 Å². The molecule has 4 nitrogen and oxygen atoms in total. The number of rotatable bonds is 4. The molecule has 0 aliphatic carbocycles. The highest BCUT2D eigenvalue weighted by Crippen LogP contribution is 2.27. The molecule has 0 atom stereocenters. The molecule has 0 spiro atoms. The summed E-state index contributed by atoms with van der Waals surface area (Å²) in [5, 5.41) is 3.96. The van der Waals surface area contributed by atoms with E-state index in [4.69, 9.17) is 17.0 Å². The van der Waals surface area contributed by atoms with Crippen molar-refractivity contribution in [1.82, 2.24) is 0 Å². The third-order valence-corrected chi connectivity index (χ3v) is 3.43. The van der Waals surface area contributed by atoms with E-state index in [0.29, 0.717) is 17.0 Å². The van der Waals surface area contributed by atoms with E-state index in [2.05, 4.69) is 5.32 Å². The number of para-hydroxylation sites is 1. The molecular formula is C17H14BNO3. The first-order valence-corrected chi connectivity index (χ1v) is 6.91. The lowest BCUT2D eigenvalue weighted by atomic mass is 10.1. The molecular weight excluding hydrogens is 277 g/mol. The van der Waals surface area contributed by atoms with Crippen molar-refractivity contribution in [3.05, 3.63) is 64.5 Å². The smallest absolute Gasteiger partial charge is 0.360 e. The van der Waals surface area contributed by atoms with Crippen LogP contribution in [0, 0.1) is 6.92 Å². The predicted octanol–water partition coefficient (Wildman–Crippen LogP) is 3.35. The first-order valence-electron chi connectivity index (χ1n) is 6.91. The molecule has 0 unspecified atom stereocenters. The highest BCUT2D eigenvalue weighted by atomic mass is 16.5. The SMILES string of the molecule is [B]COc1ccc2c(C)c(Nc3ccccc3)c(=O)oc2c1. The van der Waals surface area contributed by atoms with E-state index in [1.807, 2.05) is 43.3 Å². The van der Waals surface area contributed by atoms with E-state index in [1.54, 1.807) is 12.1 Å². The van der Waals surface area contributed by atoms with Crippen molar-refractivity contribution in [2.75, 3.05) is 11.8 Å². The molecule has 1 aromatic heterocycles. The normalized spacial score (nSPS) is 10.6. The number of hydrogen-bond acceptors (Lipinski definition) is 4. The van der Waals surface area contributed by atoms with Crippen LogP contribution in [0.15, 0.2) is 57.7 Å². The van der Waals surface area contributed by atoms with Gasteiger partial charge in [-0.1, -0.05) is 18.2 Å². The maximum Gasteiger partial charge on any atom is 0.360 e. The third kappa shape index (κ3) is 2.70. The van der Waals surface area contributed by atoms with E-state index in [0.717, 1.165) is 16.6 Å². The monoisotopic (exact) mass is 291 g/mol. The van der Waals surface area contributed by atoms with Gasteiger partial charge in [0.05, 0.1) is 0 Å². The van der Waals surface area contributed by atoms with Crippen LogP contribution < -0.4 is 15.7 Å². The van der Waals surface area contributed by atoms with Crippen molar-refractivity contribution in [3.8, 4) is 5.75 Å². The summed E-state index contributed by atoms with van der Waals surface area (Å²) in [7, 11) is 5.35. The van der Waals surface area contributed by atoms with Crippen LogP contribution in [0.2, 0.25) is 0 Å². The summed E-state index contributed by atoms with van der Waals surface area (Å²) in [5.41, 5.74) is 2.16. The number of fused-ring (bicyclic) bond motifs is 1. The summed E-state index contributed by atoms with van der Waals surface area (Å²) >= 11 is 0. The van der Waals surface area contributed by atoms with E-state index in [-0.39, 0.29) is 6.51 Å². The minimum absolute atomic E-state index is 0.0718. The fourth-order valence-electron chi connectivity index (χ4n) is 2.33. The Hall–Kier alpha value is -2.69. The van der Waals surface area contributed by atoms with Crippen molar-refractivity contribution in [2.24, 2.45) is 0 Å². The maximum absolute atomic E-state index is 12.2. The van der Waals surface area contributed by atoms with Crippen LogP contribution in [0.3, 0.4) is 0 Å². The van der Waals surface area contributed by atoms with Crippen LogP contribution in [-0.4, -0.2) is 14.4 Å². The molecule has 22 heavy (non-hydrogen) atoms. The minimum atomic E-state index is -0.418. The van der Waals surface area contributed by atoms with Gasteiger partial charge < -0.3 is 14.5 Å². The van der Waals surface area contributed by atoms with Gasteiger partial charge in [0.1, 0.15) is 24.9 Å². The molecule has 3 rings (SSSR count). The van der Waals surface area contributed by atoms with Crippen LogP contribution in [0.1, 0.15) is 5.56 Å². The Labute approximate surface area is 129 Å². The topological polar surface area (TPSA) is 51.5 Å². The average molecular weight is 291 g/mol. The van der Waals surface area contributed by atoms with Gasteiger partial charge >= 0.3 is 5.63 Å². The van der Waals surface area contributed by atoms with Crippen LogP contribution >= 0.6 is 0 Å². The second-order valence-electron chi connectivity index (χ2n) is 4.85. The minimum Gasteiger partial charge on any atom is -0.503 e. The molecule has 5 heteroatoms. The molecule has 2 aromatic carbocycles. The lowest BCUT2D eigenvalue weighted by Gasteiger charge is -2.11. The fraction of sp³-hybridized carbons (Fsp3) is 0.118. The molecule has 2 radical (unpaired) electrons. The summed E-state index contributed by atoms with van der Waals surface area (Å²) in [5.74, 6) is 0.571. The van der Waals surface area contributed by atoms with Crippen LogP contribution in [0.4, 0.5) is 11.4 Å². The summed E-state index contributed by atoms with van der Waals surface area (Å²) in [6.45, 7) is 1.95. The third-order valence-electron chi connectivity index (χ3n) is 3.43. The zero-order valence-electron chi connectivity index (χ0n) is 12.1. The number of hydrogen-bond donors (Lipinski definition) is 1.